The molecular formula is C12H24O3S. The number of hydrogen-bond acceptors (Lipinski definition) is 3. The van der Waals surface area contributed by atoms with Gasteiger partial charge in [-0.15, -0.1) is 0 Å². The second-order valence-electron chi connectivity index (χ2n) is 4.77. The van der Waals surface area contributed by atoms with Crippen LogP contribution in [0.15, 0.2) is 0 Å². The van der Waals surface area contributed by atoms with Gasteiger partial charge in [0.25, 0.3) is 0 Å². The van der Waals surface area contributed by atoms with Crippen LogP contribution in [0.4, 0.5) is 0 Å². The molecule has 1 fully saturated rings. The van der Waals surface area contributed by atoms with Gasteiger partial charge in [-0.05, 0) is 18.8 Å². The Morgan fingerprint density at radius 1 is 1.38 bits per heavy atom. The molecule has 0 spiro atoms. The van der Waals surface area contributed by atoms with E-state index in [0.717, 1.165) is 13.0 Å². The minimum Gasteiger partial charge on any atom is -0.377 e. The van der Waals surface area contributed by atoms with Crippen LogP contribution in [0.1, 0.15) is 46.0 Å². The molecule has 0 aromatic heterocycles. The molecule has 0 saturated carbocycles. The van der Waals surface area contributed by atoms with E-state index in [0.29, 0.717) is 18.1 Å². The molecule has 4 heteroatoms. The van der Waals surface area contributed by atoms with E-state index in [1.807, 2.05) is 0 Å². The van der Waals surface area contributed by atoms with Gasteiger partial charge in [0.15, 0.2) is 9.84 Å². The average Bonchev–Trinajstić information content (AvgIpc) is 2.59. The molecule has 0 bridgehead atoms. The summed E-state index contributed by atoms with van der Waals surface area (Å²) in [5, 5.41) is 0. The molecule has 0 N–H and O–H groups in total. The third-order valence-electron chi connectivity index (χ3n) is 3.30. The fourth-order valence-electron chi connectivity index (χ4n) is 2.06. The Labute approximate surface area is 99.5 Å². The Kier molecular flexibility index (Phi) is 5.76. The van der Waals surface area contributed by atoms with Crippen molar-refractivity contribution in [3.8, 4) is 0 Å². The zero-order valence-corrected chi connectivity index (χ0v) is 11.3. The molecule has 1 saturated heterocycles. The van der Waals surface area contributed by atoms with Gasteiger partial charge in [-0.25, -0.2) is 8.42 Å². The van der Waals surface area contributed by atoms with Gasteiger partial charge in [-0.1, -0.05) is 33.1 Å². The van der Waals surface area contributed by atoms with Crippen LogP contribution < -0.4 is 0 Å². The fourth-order valence-corrected chi connectivity index (χ4v) is 3.68. The number of sulfone groups is 1. The van der Waals surface area contributed by atoms with Crippen LogP contribution in [0.3, 0.4) is 0 Å². The first-order valence-corrected chi connectivity index (χ1v) is 8.21. The van der Waals surface area contributed by atoms with Crippen LogP contribution in [-0.4, -0.2) is 32.6 Å². The van der Waals surface area contributed by atoms with Gasteiger partial charge >= 0.3 is 0 Å². The molecule has 16 heavy (non-hydrogen) atoms. The minimum atomic E-state index is -2.79. The van der Waals surface area contributed by atoms with Crippen molar-refractivity contribution in [3.05, 3.63) is 0 Å². The van der Waals surface area contributed by atoms with E-state index in [4.69, 9.17) is 4.74 Å². The van der Waals surface area contributed by atoms with Gasteiger partial charge in [0.2, 0.25) is 0 Å². The number of rotatable bonds is 7. The highest BCUT2D eigenvalue weighted by molar-refractivity contribution is 7.91. The number of hydrogen-bond donors (Lipinski definition) is 0. The maximum Gasteiger partial charge on any atom is 0.152 e. The average molecular weight is 248 g/mol. The summed E-state index contributed by atoms with van der Waals surface area (Å²) in [5.41, 5.74) is 0. The van der Waals surface area contributed by atoms with Gasteiger partial charge < -0.3 is 4.74 Å². The van der Waals surface area contributed by atoms with Crippen molar-refractivity contribution in [1.82, 2.24) is 0 Å². The lowest BCUT2D eigenvalue weighted by Crippen LogP contribution is -2.19. The maximum atomic E-state index is 11.2. The Hall–Kier alpha value is -0.0900. The van der Waals surface area contributed by atoms with Crippen molar-refractivity contribution in [2.24, 2.45) is 5.92 Å². The van der Waals surface area contributed by atoms with Crippen molar-refractivity contribution in [2.45, 2.75) is 52.1 Å². The second-order valence-corrected chi connectivity index (χ2v) is 7.00. The smallest absolute Gasteiger partial charge is 0.152 e. The molecule has 0 aromatic carbocycles. The molecule has 0 aromatic rings. The molecule has 0 aliphatic carbocycles. The highest BCUT2D eigenvalue weighted by atomic mass is 32.2. The van der Waals surface area contributed by atoms with E-state index in [1.165, 1.54) is 19.3 Å². The van der Waals surface area contributed by atoms with Crippen LogP contribution >= 0.6 is 0 Å². The molecule has 3 nitrogen and oxygen atoms in total. The zero-order chi connectivity index (χ0) is 12.0. The Bertz CT molecular complexity index is 285. The first-order valence-electron chi connectivity index (χ1n) is 6.39. The lowest BCUT2D eigenvalue weighted by atomic mass is 10.0. The lowest BCUT2D eigenvalue weighted by molar-refractivity contribution is 0.0409. The summed E-state index contributed by atoms with van der Waals surface area (Å²) < 4.78 is 28.2. The Balaban J connectivity index is 2.23. The van der Waals surface area contributed by atoms with E-state index in [9.17, 15) is 8.42 Å². The van der Waals surface area contributed by atoms with E-state index in [2.05, 4.69) is 13.8 Å². The third kappa shape index (κ3) is 4.83. The quantitative estimate of drug-likeness (QED) is 0.695. The normalized spacial score (nSPS) is 25.8. The van der Waals surface area contributed by atoms with Crippen LogP contribution in [0.25, 0.3) is 0 Å². The van der Waals surface area contributed by atoms with Crippen LogP contribution in [0.5, 0.6) is 0 Å². The number of ether oxygens (including phenoxy) is 1. The maximum absolute atomic E-state index is 11.2. The molecule has 1 heterocycles. The molecule has 1 rings (SSSR count). The standard InChI is InChI=1S/C12H24O3S/c1-3-5-6-11(4-2)9-15-12-7-8-16(13,14)10-12/h11-12H,3-10H2,1-2H3/t11-,12-/m1/s1. The largest absolute Gasteiger partial charge is 0.377 e. The van der Waals surface area contributed by atoms with Crippen molar-refractivity contribution in [3.63, 3.8) is 0 Å². The topological polar surface area (TPSA) is 43.4 Å². The Morgan fingerprint density at radius 2 is 2.12 bits per heavy atom. The summed E-state index contributed by atoms with van der Waals surface area (Å²) in [5.74, 6) is 1.14. The molecule has 96 valence electrons. The van der Waals surface area contributed by atoms with E-state index in [1.54, 1.807) is 0 Å². The van der Waals surface area contributed by atoms with E-state index in [-0.39, 0.29) is 11.9 Å². The summed E-state index contributed by atoms with van der Waals surface area (Å²) in [6, 6.07) is 0. The molecule has 0 amide bonds. The highest BCUT2D eigenvalue weighted by Crippen LogP contribution is 2.18. The minimum absolute atomic E-state index is 0.0410. The SMILES string of the molecule is CCCC[C@@H](CC)CO[C@@H]1CCS(=O)(=O)C1. The predicted octanol–water partition coefficient (Wildman–Crippen LogP) is 2.41. The van der Waals surface area contributed by atoms with E-state index >= 15 is 0 Å². The second kappa shape index (κ2) is 6.60. The van der Waals surface area contributed by atoms with Gasteiger partial charge in [-0.3, -0.25) is 0 Å². The van der Waals surface area contributed by atoms with Gasteiger partial charge in [0.05, 0.1) is 17.6 Å². The van der Waals surface area contributed by atoms with Crippen molar-refractivity contribution in [2.75, 3.05) is 18.1 Å². The summed E-state index contributed by atoms with van der Waals surface area (Å²) >= 11 is 0. The van der Waals surface area contributed by atoms with Crippen LogP contribution in [0.2, 0.25) is 0 Å². The highest BCUT2D eigenvalue weighted by Gasteiger charge is 2.28. The van der Waals surface area contributed by atoms with Crippen molar-refractivity contribution >= 4 is 9.84 Å². The molecule has 1 aliphatic rings. The molecule has 1 aliphatic heterocycles. The van der Waals surface area contributed by atoms with Gasteiger partial charge in [0, 0.05) is 6.61 Å². The molecule has 0 unspecified atom stereocenters. The van der Waals surface area contributed by atoms with Gasteiger partial charge in [0.1, 0.15) is 0 Å². The van der Waals surface area contributed by atoms with Gasteiger partial charge in [-0.2, -0.15) is 0 Å². The Morgan fingerprint density at radius 3 is 2.62 bits per heavy atom. The zero-order valence-electron chi connectivity index (χ0n) is 10.4. The lowest BCUT2D eigenvalue weighted by Gasteiger charge is -2.17. The summed E-state index contributed by atoms with van der Waals surface area (Å²) in [6.07, 6.45) is 5.43. The molecular weight excluding hydrogens is 224 g/mol. The number of unbranched alkanes of at least 4 members (excludes halogenated alkanes) is 1. The van der Waals surface area contributed by atoms with Crippen molar-refractivity contribution in [1.29, 1.82) is 0 Å². The predicted molar refractivity (Wildman–Crippen MR) is 66.3 cm³/mol. The van der Waals surface area contributed by atoms with Crippen LogP contribution in [-0.2, 0) is 14.6 Å². The van der Waals surface area contributed by atoms with Crippen LogP contribution in [0, 0.1) is 5.92 Å². The van der Waals surface area contributed by atoms with E-state index < -0.39 is 9.84 Å². The first-order chi connectivity index (χ1) is 7.57. The fraction of sp³-hybridized carbons (Fsp3) is 1.00. The molecule has 0 radical (unpaired) electrons. The summed E-state index contributed by atoms with van der Waals surface area (Å²) in [6.45, 7) is 5.10. The van der Waals surface area contributed by atoms with Crippen molar-refractivity contribution < 1.29 is 13.2 Å². The summed E-state index contributed by atoms with van der Waals surface area (Å²) in [4.78, 5) is 0. The monoisotopic (exact) mass is 248 g/mol. The first kappa shape index (κ1) is 14.0. The summed E-state index contributed by atoms with van der Waals surface area (Å²) in [7, 11) is -2.79. The third-order valence-corrected chi connectivity index (χ3v) is 5.04. The molecule has 2 atom stereocenters.